The molecule has 1 aliphatic carbocycles. The number of carbonyl (C=O) groups is 2. The molecule has 38 heavy (non-hydrogen) atoms. The number of aromatic nitrogens is 2. The number of amides is 2. The summed E-state index contributed by atoms with van der Waals surface area (Å²) in [6.07, 6.45) is 8.15. The summed E-state index contributed by atoms with van der Waals surface area (Å²) in [5.74, 6) is 1.90. The molecule has 5 rings (SSSR count). The van der Waals surface area contributed by atoms with Gasteiger partial charge in [0.2, 0.25) is 11.9 Å². The molecule has 0 atom stereocenters. The van der Waals surface area contributed by atoms with Crippen molar-refractivity contribution < 1.29 is 14.3 Å². The standard InChI is InChI=1S/C28H39N7O3/c1-5-34(22-11-10-19(16-24(22)38-4)27(37)30-20-12-14-32(2)15-13-20)28-29-17-23-26(31-28)35(18-25(36)33(23)3)21-8-6-7-9-21/h10-11,16-17,20-21H,5-9,12-15,18H2,1-4H3,(H,30,37). The molecule has 1 aromatic carbocycles. The second-order valence-electron chi connectivity index (χ2n) is 10.6. The zero-order valence-corrected chi connectivity index (χ0v) is 22.9. The molecule has 1 saturated heterocycles. The molecular weight excluding hydrogens is 482 g/mol. The third-order valence-corrected chi connectivity index (χ3v) is 8.16. The van der Waals surface area contributed by atoms with Crippen molar-refractivity contribution in [3.05, 3.63) is 30.0 Å². The lowest BCUT2D eigenvalue weighted by Gasteiger charge is -2.38. The number of nitrogens with one attached hydrogen (secondary N) is 1. The summed E-state index contributed by atoms with van der Waals surface area (Å²) in [6, 6.07) is 6.03. The van der Waals surface area contributed by atoms with Gasteiger partial charge in [0.1, 0.15) is 11.4 Å². The zero-order chi connectivity index (χ0) is 26.8. The Bertz CT molecular complexity index is 1180. The third-order valence-electron chi connectivity index (χ3n) is 8.16. The molecule has 3 heterocycles. The number of ether oxygens (including phenoxy) is 1. The second-order valence-corrected chi connectivity index (χ2v) is 10.6. The van der Waals surface area contributed by atoms with E-state index in [0.717, 1.165) is 56.0 Å². The molecule has 2 fully saturated rings. The van der Waals surface area contributed by atoms with Crippen molar-refractivity contribution in [2.75, 3.05) is 62.1 Å². The minimum absolute atomic E-state index is 0.0591. The average molecular weight is 522 g/mol. The highest BCUT2D eigenvalue weighted by molar-refractivity contribution is 6.02. The van der Waals surface area contributed by atoms with Gasteiger partial charge in [-0.15, -0.1) is 0 Å². The number of hydrogen-bond acceptors (Lipinski definition) is 8. The Labute approximate surface area is 225 Å². The van der Waals surface area contributed by atoms with E-state index >= 15 is 0 Å². The molecule has 0 unspecified atom stereocenters. The van der Waals surface area contributed by atoms with Crippen LogP contribution < -0.4 is 24.8 Å². The van der Waals surface area contributed by atoms with Crippen LogP contribution in [0.5, 0.6) is 5.75 Å². The number of benzene rings is 1. The number of nitrogens with zero attached hydrogens (tertiary/aromatic N) is 6. The zero-order valence-electron chi connectivity index (χ0n) is 22.9. The lowest BCUT2D eigenvalue weighted by atomic mass is 10.0. The molecule has 0 bridgehead atoms. The quantitative estimate of drug-likeness (QED) is 0.594. The molecule has 3 aliphatic rings. The van der Waals surface area contributed by atoms with Crippen molar-refractivity contribution >= 4 is 35.0 Å². The van der Waals surface area contributed by atoms with Gasteiger partial charge in [0.25, 0.3) is 5.91 Å². The van der Waals surface area contributed by atoms with Crippen LogP contribution in [-0.4, -0.2) is 86.2 Å². The smallest absolute Gasteiger partial charge is 0.251 e. The molecule has 1 saturated carbocycles. The normalized spacial score (nSPS) is 19.0. The maximum absolute atomic E-state index is 13.0. The van der Waals surface area contributed by atoms with Crippen LogP contribution in [0.15, 0.2) is 24.4 Å². The van der Waals surface area contributed by atoms with Crippen molar-refractivity contribution in [1.29, 1.82) is 0 Å². The van der Waals surface area contributed by atoms with Gasteiger partial charge in [0.05, 0.1) is 25.5 Å². The first-order valence-corrected chi connectivity index (χ1v) is 13.7. The number of rotatable bonds is 7. The van der Waals surface area contributed by atoms with E-state index in [0.29, 0.717) is 36.4 Å². The Hall–Kier alpha value is -3.40. The molecule has 2 amide bonds. The second kappa shape index (κ2) is 11.1. The van der Waals surface area contributed by atoms with Crippen molar-refractivity contribution in [3.8, 4) is 5.75 Å². The number of anilines is 4. The van der Waals surface area contributed by atoms with Crippen molar-refractivity contribution in [1.82, 2.24) is 20.2 Å². The van der Waals surface area contributed by atoms with Gasteiger partial charge in [0.15, 0.2) is 5.82 Å². The van der Waals surface area contributed by atoms with Crippen LogP contribution in [0.2, 0.25) is 0 Å². The average Bonchev–Trinajstić information content (AvgIpc) is 3.47. The monoisotopic (exact) mass is 521 g/mol. The number of fused-ring (bicyclic) bond motifs is 1. The molecule has 10 heteroatoms. The van der Waals surface area contributed by atoms with Gasteiger partial charge in [-0.2, -0.15) is 4.98 Å². The minimum Gasteiger partial charge on any atom is -0.495 e. The summed E-state index contributed by atoms with van der Waals surface area (Å²) in [6.45, 7) is 4.95. The fraction of sp³-hybridized carbons (Fsp3) is 0.571. The SMILES string of the molecule is CCN(c1ncc2c(n1)N(C1CCCC1)CC(=O)N2C)c1ccc(C(=O)NC2CCN(C)CC2)cc1OC. The number of likely N-dealkylation sites (N-methyl/N-ethyl adjacent to an activating group) is 1. The maximum atomic E-state index is 13.0. The van der Waals surface area contributed by atoms with Gasteiger partial charge in [-0.1, -0.05) is 12.8 Å². The molecule has 1 N–H and O–H groups in total. The first kappa shape index (κ1) is 26.2. The molecular formula is C28H39N7O3. The lowest BCUT2D eigenvalue weighted by Crippen LogP contribution is -2.48. The summed E-state index contributed by atoms with van der Waals surface area (Å²) in [5.41, 5.74) is 2.10. The first-order valence-electron chi connectivity index (χ1n) is 13.7. The number of methoxy groups -OCH3 is 1. The highest BCUT2D eigenvalue weighted by atomic mass is 16.5. The Morgan fingerprint density at radius 2 is 1.89 bits per heavy atom. The van der Waals surface area contributed by atoms with Crippen molar-refractivity contribution in [2.45, 2.75) is 57.5 Å². The van der Waals surface area contributed by atoms with E-state index in [1.54, 1.807) is 31.3 Å². The summed E-state index contributed by atoms with van der Waals surface area (Å²) in [4.78, 5) is 43.4. The first-order chi connectivity index (χ1) is 18.4. The molecule has 204 valence electrons. The predicted octanol–water partition coefficient (Wildman–Crippen LogP) is 3.19. The van der Waals surface area contributed by atoms with E-state index in [1.165, 1.54) is 12.8 Å². The highest BCUT2D eigenvalue weighted by Crippen LogP contribution is 2.39. The molecule has 10 nitrogen and oxygen atoms in total. The molecule has 1 aromatic heterocycles. The van der Waals surface area contributed by atoms with E-state index in [9.17, 15) is 9.59 Å². The maximum Gasteiger partial charge on any atom is 0.251 e. The number of hydrogen-bond donors (Lipinski definition) is 1. The largest absolute Gasteiger partial charge is 0.495 e. The van der Waals surface area contributed by atoms with Gasteiger partial charge < -0.3 is 29.7 Å². The van der Waals surface area contributed by atoms with Crippen LogP contribution in [0.25, 0.3) is 0 Å². The van der Waals surface area contributed by atoms with Gasteiger partial charge >= 0.3 is 0 Å². The Balaban J connectivity index is 1.42. The highest BCUT2D eigenvalue weighted by Gasteiger charge is 2.35. The van der Waals surface area contributed by atoms with E-state index in [1.807, 2.05) is 24.0 Å². The van der Waals surface area contributed by atoms with Gasteiger partial charge in [-0.3, -0.25) is 9.59 Å². The van der Waals surface area contributed by atoms with E-state index in [4.69, 9.17) is 9.72 Å². The van der Waals surface area contributed by atoms with Gasteiger partial charge in [-0.05, 0) is 70.9 Å². The molecule has 0 spiro atoms. The van der Waals surface area contributed by atoms with E-state index < -0.39 is 0 Å². The summed E-state index contributed by atoms with van der Waals surface area (Å²) < 4.78 is 5.74. The van der Waals surface area contributed by atoms with Gasteiger partial charge in [-0.25, -0.2) is 4.98 Å². The topological polar surface area (TPSA) is 94.1 Å². The Kier molecular flexibility index (Phi) is 7.69. The number of likely N-dealkylation sites (tertiary alicyclic amines) is 1. The predicted molar refractivity (Wildman–Crippen MR) is 149 cm³/mol. The summed E-state index contributed by atoms with van der Waals surface area (Å²) >= 11 is 0. The van der Waals surface area contributed by atoms with Crippen LogP contribution in [0.3, 0.4) is 0 Å². The van der Waals surface area contributed by atoms with Gasteiger partial charge in [0, 0.05) is 31.2 Å². The molecule has 0 radical (unpaired) electrons. The Morgan fingerprint density at radius 1 is 1.16 bits per heavy atom. The summed E-state index contributed by atoms with van der Waals surface area (Å²) in [7, 11) is 5.50. The van der Waals surface area contributed by atoms with Crippen LogP contribution in [0.1, 0.15) is 55.8 Å². The fourth-order valence-corrected chi connectivity index (χ4v) is 5.80. The number of piperidine rings is 1. The number of carbonyl (C=O) groups excluding carboxylic acids is 2. The van der Waals surface area contributed by atoms with E-state index in [-0.39, 0.29) is 17.9 Å². The van der Waals surface area contributed by atoms with Crippen LogP contribution in [-0.2, 0) is 4.79 Å². The molecule has 2 aliphatic heterocycles. The molecule has 2 aromatic rings. The van der Waals surface area contributed by atoms with Crippen molar-refractivity contribution in [3.63, 3.8) is 0 Å². The third kappa shape index (κ3) is 5.14. The lowest BCUT2D eigenvalue weighted by molar-refractivity contribution is -0.117. The van der Waals surface area contributed by atoms with E-state index in [2.05, 4.69) is 27.1 Å². The Morgan fingerprint density at radius 3 is 2.58 bits per heavy atom. The minimum atomic E-state index is -0.0857. The van der Waals surface area contributed by atoms with Crippen LogP contribution in [0, 0.1) is 0 Å². The van der Waals surface area contributed by atoms with Crippen LogP contribution in [0.4, 0.5) is 23.1 Å². The summed E-state index contributed by atoms with van der Waals surface area (Å²) in [5, 5.41) is 3.18. The van der Waals surface area contributed by atoms with Crippen LogP contribution >= 0.6 is 0 Å². The van der Waals surface area contributed by atoms with Crippen molar-refractivity contribution in [2.24, 2.45) is 0 Å². The fourth-order valence-electron chi connectivity index (χ4n) is 5.80.